The Morgan fingerprint density at radius 1 is 1.00 bits per heavy atom. The maximum atomic E-state index is 14.3. The number of ether oxygens (including phenoxy) is 2. The Kier molecular flexibility index (Phi) is 7.13. The van der Waals surface area contributed by atoms with Crippen LogP contribution in [0.1, 0.15) is 33.3 Å². The van der Waals surface area contributed by atoms with Gasteiger partial charge in [0, 0.05) is 11.1 Å². The lowest BCUT2D eigenvalue weighted by molar-refractivity contribution is -0.394. The van der Waals surface area contributed by atoms with Crippen LogP contribution in [-0.4, -0.2) is 44.5 Å². The van der Waals surface area contributed by atoms with Crippen molar-refractivity contribution < 1.29 is 45.0 Å². The standard InChI is InChI=1S/C25H30F6O4Si/c1-16(32)22(4)17(2)35-21(3,20(22)36(5,6)19-13-10-14-33-19)15-34-23(24(26,27)28,25(29,30)31)18-11-8-7-9-12-18/h7-14,17,20H,15H2,1-6H3/t17-,20+,21+,22+/m0/s1. The van der Waals surface area contributed by atoms with Gasteiger partial charge in [0.05, 0.1) is 35.4 Å². The molecule has 36 heavy (non-hydrogen) atoms. The zero-order valence-corrected chi connectivity index (χ0v) is 21.9. The van der Waals surface area contributed by atoms with Gasteiger partial charge in [0.2, 0.25) is 0 Å². The van der Waals surface area contributed by atoms with Gasteiger partial charge in [0.15, 0.2) is 0 Å². The van der Waals surface area contributed by atoms with Gasteiger partial charge in [0.25, 0.3) is 5.60 Å². The van der Waals surface area contributed by atoms with Crippen LogP contribution >= 0.6 is 0 Å². The molecule has 2 heterocycles. The summed E-state index contributed by atoms with van der Waals surface area (Å²) in [5.41, 5.74) is -9.32. The first-order chi connectivity index (χ1) is 16.4. The van der Waals surface area contributed by atoms with E-state index in [2.05, 4.69) is 0 Å². The third kappa shape index (κ3) is 4.22. The summed E-state index contributed by atoms with van der Waals surface area (Å²) in [4.78, 5) is 12.9. The third-order valence-electron chi connectivity index (χ3n) is 7.69. The fourth-order valence-electron chi connectivity index (χ4n) is 6.03. The van der Waals surface area contributed by atoms with Crippen LogP contribution in [-0.2, 0) is 19.9 Å². The van der Waals surface area contributed by atoms with Gasteiger partial charge in [-0.15, -0.1) is 0 Å². The van der Waals surface area contributed by atoms with Gasteiger partial charge in [-0.3, -0.25) is 4.79 Å². The van der Waals surface area contributed by atoms with E-state index in [0.717, 1.165) is 24.3 Å². The summed E-state index contributed by atoms with van der Waals surface area (Å²) in [5, 5.41) is 0.546. The Balaban J connectivity index is 2.17. The molecule has 0 N–H and O–H groups in total. The largest absolute Gasteiger partial charge is 0.474 e. The van der Waals surface area contributed by atoms with Crippen LogP contribution in [0.2, 0.25) is 18.6 Å². The highest BCUT2D eigenvalue weighted by Gasteiger charge is 2.75. The van der Waals surface area contributed by atoms with Crippen molar-refractivity contribution in [3.63, 3.8) is 0 Å². The van der Waals surface area contributed by atoms with E-state index in [1.54, 1.807) is 26.0 Å². The van der Waals surface area contributed by atoms with Crippen molar-refractivity contribution in [2.24, 2.45) is 5.41 Å². The first-order valence-corrected chi connectivity index (χ1v) is 14.5. The summed E-state index contributed by atoms with van der Waals surface area (Å²) >= 11 is 0. The average molecular weight is 537 g/mol. The van der Waals surface area contributed by atoms with E-state index in [-0.39, 0.29) is 5.78 Å². The number of ketones is 1. The smallest absolute Gasteiger partial charge is 0.430 e. The summed E-state index contributed by atoms with van der Waals surface area (Å²) in [6, 6.07) is 8.32. The minimum absolute atomic E-state index is 0.281. The minimum Gasteiger partial charge on any atom is -0.474 e. The Hall–Kier alpha value is -2.11. The number of halogens is 6. The van der Waals surface area contributed by atoms with E-state index in [9.17, 15) is 31.1 Å². The highest BCUT2D eigenvalue weighted by atomic mass is 28.3. The number of Topliss-reactive ketones (excluding diaryl/α,β-unsaturated/α-hetero) is 1. The molecule has 1 aromatic heterocycles. The number of furan rings is 1. The van der Waals surface area contributed by atoms with Crippen molar-refractivity contribution in [1.29, 1.82) is 0 Å². The van der Waals surface area contributed by atoms with Crippen molar-refractivity contribution >= 4 is 19.2 Å². The first-order valence-electron chi connectivity index (χ1n) is 11.4. The number of rotatable bonds is 7. The van der Waals surface area contributed by atoms with Crippen molar-refractivity contribution in [1.82, 2.24) is 0 Å². The van der Waals surface area contributed by atoms with Crippen LogP contribution < -0.4 is 5.38 Å². The monoisotopic (exact) mass is 536 g/mol. The Bertz CT molecular complexity index is 1050. The van der Waals surface area contributed by atoms with Gasteiger partial charge < -0.3 is 13.9 Å². The fourth-order valence-corrected chi connectivity index (χ4v) is 10.8. The molecule has 0 bridgehead atoms. The van der Waals surface area contributed by atoms with E-state index in [0.29, 0.717) is 5.38 Å². The van der Waals surface area contributed by atoms with Crippen molar-refractivity contribution in [3.05, 3.63) is 54.3 Å². The minimum atomic E-state index is -5.83. The van der Waals surface area contributed by atoms with E-state index >= 15 is 0 Å². The molecule has 3 rings (SSSR count). The molecule has 0 radical (unpaired) electrons. The molecule has 1 saturated heterocycles. The van der Waals surface area contributed by atoms with E-state index < -0.39 is 60.9 Å². The number of alkyl halides is 6. The second-order valence-electron chi connectivity index (χ2n) is 10.4. The van der Waals surface area contributed by atoms with Gasteiger partial charge in [-0.25, -0.2) is 0 Å². The molecule has 1 aliphatic rings. The zero-order valence-electron chi connectivity index (χ0n) is 20.9. The second-order valence-corrected chi connectivity index (χ2v) is 14.9. The lowest BCUT2D eigenvalue weighted by atomic mass is 9.75. The molecule has 1 aliphatic heterocycles. The number of hydrogen-bond donors (Lipinski definition) is 0. The molecule has 4 atom stereocenters. The van der Waals surface area contributed by atoms with Gasteiger partial charge in [-0.2, -0.15) is 26.3 Å². The molecule has 0 spiro atoms. The van der Waals surface area contributed by atoms with Crippen molar-refractivity contribution in [2.45, 2.75) is 76.0 Å². The van der Waals surface area contributed by atoms with E-state index in [4.69, 9.17) is 13.9 Å². The Morgan fingerprint density at radius 2 is 1.56 bits per heavy atom. The van der Waals surface area contributed by atoms with Gasteiger partial charge in [-0.05, 0) is 32.9 Å². The predicted octanol–water partition coefficient (Wildman–Crippen LogP) is 6.37. The third-order valence-corrected chi connectivity index (χ3v) is 11.9. The zero-order chi connectivity index (χ0) is 27.4. The molecule has 4 nitrogen and oxygen atoms in total. The molecule has 0 saturated carbocycles. The quantitative estimate of drug-likeness (QED) is 0.305. The van der Waals surface area contributed by atoms with Crippen molar-refractivity contribution in [2.75, 3.05) is 6.61 Å². The summed E-state index contributed by atoms with van der Waals surface area (Å²) in [6.07, 6.45) is -11.0. The summed E-state index contributed by atoms with van der Waals surface area (Å²) < 4.78 is 103. The molecule has 11 heteroatoms. The maximum absolute atomic E-state index is 14.3. The molecule has 0 amide bonds. The average Bonchev–Trinajstić information content (AvgIpc) is 3.34. The number of benzene rings is 1. The van der Waals surface area contributed by atoms with Gasteiger partial charge in [0.1, 0.15) is 13.9 Å². The molecular weight excluding hydrogens is 506 g/mol. The van der Waals surface area contributed by atoms with Crippen LogP contribution in [0.3, 0.4) is 0 Å². The van der Waals surface area contributed by atoms with E-state index in [1.807, 2.05) is 13.1 Å². The van der Waals surface area contributed by atoms with Crippen LogP contribution in [0.15, 0.2) is 53.1 Å². The number of carbonyl (C=O) groups excluding carboxylic acids is 1. The topological polar surface area (TPSA) is 48.7 Å². The molecule has 0 unspecified atom stereocenters. The summed E-state index contributed by atoms with van der Waals surface area (Å²) in [6.45, 7) is 8.67. The highest BCUT2D eigenvalue weighted by Crippen LogP contribution is 2.60. The molecule has 1 fully saturated rings. The van der Waals surface area contributed by atoms with Crippen LogP contribution in [0.25, 0.3) is 0 Å². The second kappa shape index (κ2) is 9.02. The number of carbonyl (C=O) groups is 1. The van der Waals surface area contributed by atoms with Gasteiger partial charge >= 0.3 is 12.4 Å². The molecule has 0 aliphatic carbocycles. The number of hydrogen-bond acceptors (Lipinski definition) is 4. The SMILES string of the molecule is CC(=O)[C@]1(C)[C@H](C)O[C@](C)(COC(c2ccccc2)(C(F)(F)F)C(F)(F)F)[C@H]1[Si](C)(C)c1ccco1. The molecule has 2 aromatic rings. The Labute approximate surface area is 207 Å². The summed E-state index contributed by atoms with van der Waals surface area (Å²) in [7, 11) is -2.89. The first kappa shape index (κ1) is 28.5. The van der Waals surface area contributed by atoms with Gasteiger partial charge in [-0.1, -0.05) is 50.3 Å². The van der Waals surface area contributed by atoms with Crippen LogP contribution in [0.4, 0.5) is 26.3 Å². The fraction of sp³-hybridized carbons (Fsp3) is 0.560. The highest BCUT2D eigenvalue weighted by molar-refractivity contribution is 6.90. The Morgan fingerprint density at radius 3 is 2.00 bits per heavy atom. The van der Waals surface area contributed by atoms with Crippen molar-refractivity contribution in [3.8, 4) is 0 Å². The lowest BCUT2D eigenvalue weighted by Gasteiger charge is -2.46. The maximum Gasteiger partial charge on any atom is 0.430 e. The van der Waals surface area contributed by atoms with Crippen LogP contribution in [0, 0.1) is 5.41 Å². The summed E-state index contributed by atoms with van der Waals surface area (Å²) in [5.74, 6) is -0.281. The van der Waals surface area contributed by atoms with E-state index in [1.165, 1.54) is 26.2 Å². The molecule has 200 valence electrons. The predicted molar refractivity (Wildman–Crippen MR) is 123 cm³/mol. The lowest BCUT2D eigenvalue weighted by Crippen LogP contribution is -2.61. The normalized spacial score (nSPS) is 27.9. The molecular formula is C25H30F6O4Si. The molecule has 1 aromatic carbocycles. The van der Waals surface area contributed by atoms with Crippen LogP contribution in [0.5, 0.6) is 0 Å².